The van der Waals surface area contributed by atoms with Crippen LogP contribution < -0.4 is 4.74 Å². The van der Waals surface area contributed by atoms with Gasteiger partial charge in [-0.3, -0.25) is 4.79 Å². The minimum absolute atomic E-state index is 0.00436. The van der Waals surface area contributed by atoms with Gasteiger partial charge in [0.2, 0.25) is 5.91 Å². The highest BCUT2D eigenvalue weighted by Gasteiger charge is 2.38. The molecule has 0 spiro atoms. The van der Waals surface area contributed by atoms with Crippen LogP contribution in [0.4, 0.5) is 0 Å². The Bertz CT molecular complexity index is 669. The summed E-state index contributed by atoms with van der Waals surface area (Å²) in [6.07, 6.45) is 2.05. The first-order valence-corrected chi connectivity index (χ1v) is 8.67. The third-order valence-electron chi connectivity index (χ3n) is 3.78. The number of likely N-dealkylation sites (N-methyl/N-ethyl adjacent to an activating group) is 1. The summed E-state index contributed by atoms with van der Waals surface area (Å²) in [5, 5.41) is 0. The van der Waals surface area contributed by atoms with Crippen LogP contribution in [0, 0.1) is 0 Å². The molecule has 1 unspecified atom stereocenters. The van der Waals surface area contributed by atoms with E-state index in [4.69, 9.17) is 15.4 Å². The van der Waals surface area contributed by atoms with E-state index in [1.54, 1.807) is 18.0 Å². The lowest BCUT2D eigenvalue weighted by Gasteiger charge is -2.20. The van der Waals surface area contributed by atoms with E-state index < -0.39 is 15.0 Å². The Labute approximate surface area is 121 Å². The van der Waals surface area contributed by atoms with Gasteiger partial charge in [-0.15, -0.1) is 0 Å². The van der Waals surface area contributed by atoms with Crippen LogP contribution in [0.1, 0.15) is 24.3 Å². The molecule has 3 rings (SSSR count). The van der Waals surface area contributed by atoms with Crippen LogP contribution in [0.3, 0.4) is 0 Å². The second kappa shape index (κ2) is 4.63. The van der Waals surface area contributed by atoms with E-state index in [-0.39, 0.29) is 17.4 Å². The fourth-order valence-corrected chi connectivity index (χ4v) is 3.22. The van der Waals surface area contributed by atoms with E-state index in [0.717, 1.165) is 12.8 Å². The Morgan fingerprint density at radius 1 is 1.40 bits per heavy atom. The fraction of sp³-hybridized carbons (Fsp3) is 0.462. The number of rotatable bonds is 3. The molecule has 1 aromatic rings. The number of ether oxygens (including phenoxy) is 1. The standard InChI is InChI=1S/C13H14ClNO4S/c1-15(8-2-3-8)13(16)11-7-19-12-5-4-9(6-10(11)12)20(14,17)18/h4-6,8,11H,2-3,7H2,1H3. The van der Waals surface area contributed by atoms with Gasteiger partial charge in [-0.05, 0) is 31.0 Å². The topological polar surface area (TPSA) is 63.7 Å². The molecule has 1 heterocycles. The van der Waals surface area contributed by atoms with Gasteiger partial charge in [-0.2, -0.15) is 0 Å². The number of hydrogen-bond donors (Lipinski definition) is 0. The summed E-state index contributed by atoms with van der Waals surface area (Å²) < 4.78 is 28.2. The van der Waals surface area contributed by atoms with Crippen molar-refractivity contribution in [3.8, 4) is 5.75 Å². The quantitative estimate of drug-likeness (QED) is 0.797. The van der Waals surface area contributed by atoms with Crippen molar-refractivity contribution < 1.29 is 17.9 Å². The zero-order chi connectivity index (χ0) is 14.5. The molecule has 1 amide bonds. The summed E-state index contributed by atoms with van der Waals surface area (Å²) in [4.78, 5) is 14.1. The summed E-state index contributed by atoms with van der Waals surface area (Å²) in [6.45, 7) is 0.247. The molecule has 1 aliphatic heterocycles. The normalized spacial score (nSPS) is 21.2. The highest BCUT2D eigenvalue weighted by atomic mass is 35.7. The van der Waals surface area contributed by atoms with Crippen molar-refractivity contribution in [2.45, 2.75) is 29.7 Å². The minimum Gasteiger partial charge on any atom is -0.492 e. The first-order valence-electron chi connectivity index (χ1n) is 6.36. The summed E-state index contributed by atoms with van der Waals surface area (Å²) in [5.74, 6) is 0.0703. The Kier molecular flexibility index (Phi) is 3.17. The van der Waals surface area contributed by atoms with Crippen LogP contribution in [0.25, 0.3) is 0 Å². The van der Waals surface area contributed by atoms with Crippen molar-refractivity contribution in [2.24, 2.45) is 0 Å². The summed E-state index contributed by atoms with van der Waals surface area (Å²) in [5.41, 5.74) is 0.601. The minimum atomic E-state index is -3.81. The number of hydrogen-bond acceptors (Lipinski definition) is 4. The Balaban J connectivity index is 1.94. The number of benzene rings is 1. The second-order valence-electron chi connectivity index (χ2n) is 5.18. The van der Waals surface area contributed by atoms with Crippen molar-refractivity contribution >= 4 is 25.6 Å². The number of amides is 1. The van der Waals surface area contributed by atoms with Crippen LogP contribution >= 0.6 is 10.7 Å². The molecule has 0 bridgehead atoms. The molecular weight excluding hydrogens is 302 g/mol. The molecule has 1 fully saturated rings. The maximum atomic E-state index is 12.4. The lowest BCUT2D eigenvalue weighted by molar-refractivity contribution is -0.132. The molecule has 108 valence electrons. The highest BCUT2D eigenvalue weighted by Crippen LogP contribution is 2.38. The van der Waals surface area contributed by atoms with Gasteiger partial charge in [-0.25, -0.2) is 8.42 Å². The molecular formula is C13H14ClNO4S. The molecule has 20 heavy (non-hydrogen) atoms. The number of carbonyl (C=O) groups is 1. The van der Waals surface area contributed by atoms with Gasteiger partial charge in [0.15, 0.2) is 0 Å². The zero-order valence-electron chi connectivity index (χ0n) is 10.9. The summed E-state index contributed by atoms with van der Waals surface area (Å²) in [7, 11) is 3.32. The second-order valence-corrected chi connectivity index (χ2v) is 7.75. The molecule has 2 aliphatic rings. The molecule has 0 N–H and O–H groups in total. The van der Waals surface area contributed by atoms with Crippen molar-refractivity contribution in [1.82, 2.24) is 4.90 Å². The lowest BCUT2D eigenvalue weighted by Crippen LogP contribution is -2.34. The first-order chi connectivity index (χ1) is 9.38. The smallest absolute Gasteiger partial charge is 0.261 e. The summed E-state index contributed by atoms with van der Waals surface area (Å²) >= 11 is 0. The molecule has 0 saturated heterocycles. The SMILES string of the molecule is CN(C(=O)C1COc2ccc(S(=O)(=O)Cl)cc21)C1CC1. The maximum Gasteiger partial charge on any atom is 0.261 e. The van der Waals surface area contributed by atoms with Crippen molar-refractivity contribution in [3.63, 3.8) is 0 Å². The van der Waals surface area contributed by atoms with Crippen molar-refractivity contribution in [3.05, 3.63) is 23.8 Å². The lowest BCUT2D eigenvalue weighted by atomic mass is 10.00. The Morgan fingerprint density at radius 3 is 2.70 bits per heavy atom. The van der Waals surface area contributed by atoms with Crippen LogP contribution in [0.2, 0.25) is 0 Å². The number of nitrogens with zero attached hydrogens (tertiary/aromatic N) is 1. The third kappa shape index (κ3) is 2.38. The number of halogens is 1. The molecule has 5 nitrogen and oxygen atoms in total. The Morgan fingerprint density at radius 2 is 2.10 bits per heavy atom. The van der Waals surface area contributed by atoms with E-state index in [2.05, 4.69) is 0 Å². The molecule has 0 radical (unpaired) electrons. The number of carbonyl (C=O) groups excluding carboxylic acids is 1. The predicted molar refractivity (Wildman–Crippen MR) is 73.5 cm³/mol. The third-order valence-corrected chi connectivity index (χ3v) is 5.14. The molecule has 0 aromatic heterocycles. The van der Waals surface area contributed by atoms with E-state index in [9.17, 15) is 13.2 Å². The van der Waals surface area contributed by atoms with E-state index in [1.807, 2.05) is 0 Å². The molecule has 7 heteroatoms. The Hall–Kier alpha value is -1.27. The predicted octanol–water partition coefficient (Wildman–Crippen LogP) is 1.71. The van der Waals surface area contributed by atoms with Gasteiger partial charge < -0.3 is 9.64 Å². The summed E-state index contributed by atoms with van der Waals surface area (Å²) in [6, 6.07) is 4.69. The zero-order valence-corrected chi connectivity index (χ0v) is 12.4. The monoisotopic (exact) mass is 315 g/mol. The molecule has 1 saturated carbocycles. The van der Waals surface area contributed by atoms with Gasteiger partial charge in [0.25, 0.3) is 9.05 Å². The van der Waals surface area contributed by atoms with E-state index >= 15 is 0 Å². The highest BCUT2D eigenvalue weighted by molar-refractivity contribution is 8.13. The maximum absolute atomic E-state index is 12.4. The van der Waals surface area contributed by atoms with Crippen LogP contribution in [-0.2, 0) is 13.8 Å². The average molecular weight is 316 g/mol. The molecule has 1 aromatic carbocycles. The fourth-order valence-electron chi connectivity index (χ4n) is 2.44. The van der Waals surface area contributed by atoms with Crippen LogP contribution in [0.15, 0.2) is 23.1 Å². The molecule has 1 atom stereocenters. The van der Waals surface area contributed by atoms with Crippen molar-refractivity contribution in [1.29, 1.82) is 0 Å². The van der Waals surface area contributed by atoms with Gasteiger partial charge >= 0.3 is 0 Å². The molecule has 1 aliphatic carbocycles. The van der Waals surface area contributed by atoms with Crippen LogP contribution in [-0.4, -0.2) is 38.9 Å². The van der Waals surface area contributed by atoms with Crippen molar-refractivity contribution in [2.75, 3.05) is 13.7 Å². The van der Waals surface area contributed by atoms with Gasteiger partial charge in [0.05, 0.1) is 4.90 Å². The number of fused-ring (bicyclic) bond motifs is 1. The van der Waals surface area contributed by atoms with Gasteiger partial charge in [0.1, 0.15) is 18.3 Å². The first kappa shape index (κ1) is 13.7. The van der Waals surface area contributed by atoms with E-state index in [0.29, 0.717) is 17.4 Å². The van der Waals surface area contributed by atoms with Gasteiger partial charge in [-0.1, -0.05) is 0 Å². The largest absolute Gasteiger partial charge is 0.492 e. The average Bonchev–Trinajstić information content (AvgIpc) is 3.15. The van der Waals surface area contributed by atoms with Gasteiger partial charge in [0, 0.05) is 29.3 Å². The van der Waals surface area contributed by atoms with Crippen LogP contribution in [0.5, 0.6) is 5.75 Å². The van der Waals surface area contributed by atoms with E-state index in [1.165, 1.54) is 12.1 Å².